The fraction of sp³-hybridized carbons (Fsp3) is 0.0526. The molecule has 4 aromatic rings. The van der Waals surface area contributed by atoms with Crippen molar-refractivity contribution in [1.82, 2.24) is 4.98 Å². The Morgan fingerprint density at radius 2 is 2.15 bits per heavy atom. The molecule has 0 saturated carbocycles. The minimum atomic E-state index is -0.399. The van der Waals surface area contributed by atoms with Crippen molar-refractivity contribution in [2.24, 2.45) is 0 Å². The molecule has 0 atom stereocenters. The number of thiophene rings is 1. The molecule has 0 aliphatic rings. The number of carbonyl (C=O) groups excluding carboxylic acids is 1. The van der Waals surface area contributed by atoms with E-state index in [0.29, 0.717) is 15.6 Å². The molecule has 130 valence electrons. The fourth-order valence-electron chi connectivity index (χ4n) is 2.45. The van der Waals surface area contributed by atoms with Gasteiger partial charge in [-0.25, -0.2) is 9.37 Å². The van der Waals surface area contributed by atoms with Crippen molar-refractivity contribution < 1.29 is 13.6 Å². The molecule has 4 nitrogen and oxygen atoms in total. The topological polar surface area (TPSA) is 46.3 Å². The van der Waals surface area contributed by atoms with Crippen molar-refractivity contribution in [2.75, 3.05) is 4.90 Å². The number of carbonyl (C=O) groups is 1. The molecule has 1 aromatic carbocycles. The Morgan fingerprint density at radius 1 is 1.23 bits per heavy atom. The third-order valence-electron chi connectivity index (χ3n) is 3.68. The van der Waals surface area contributed by atoms with Crippen LogP contribution in [0.4, 0.5) is 9.52 Å². The molecular weight excluding hydrogens is 371 g/mol. The molecule has 26 heavy (non-hydrogen) atoms. The maximum atomic E-state index is 14.0. The number of rotatable bonds is 5. The van der Waals surface area contributed by atoms with Crippen molar-refractivity contribution in [3.05, 3.63) is 76.6 Å². The van der Waals surface area contributed by atoms with Gasteiger partial charge in [0.05, 0.1) is 17.5 Å². The fourth-order valence-corrected chi connectivity index (χ4v) is 4.05. The highest BCUT2D eigenvalue weighted by Gasteiger charge is 2.20. The normalized spacial score (nSPS) is 11.4. The smallest absolute Gasteiger partial charge is 0.253 e. The molecule has 3 aromatic heterocycles. The highest BCUT2D eigenvalue weighted by molar-refractivity contribution is 7.22. The largest absolute Gasteiger partial charge is 0.467 e. The average molecular weight is 384 g/mol. The van der Waals surface area contributed by atoms with E-state index in [1.54, 1.807) is 47.9 Å². The number of fused-ring (bicyclic) bond motifs is 1. The molecule has 0 aliphatic carbocycles. The summed E-state index contributed by atoms with van der Waals surface area (Å²) in [5, 5.41) is 2.38. The number of thiazole rings is 1. The molecule has 0 aliphatic heterocycles. The first kappa shape index (κ1) is 16.7. The van der Waals surface area contributed by atoms with Crippen LogP contribution >= 0.6 is 22.7 Å². The lowest BCUT2D eigenvalue weighted by Crippen LogP contribution is -2.28. The summed E-state index contributed by atoms with van der Waals surface area (Å²) in [6.45, 7) is 0.224. The lowest BCUT2D eigenvalue weighted by Gasteiger charge is -2.16. The zero-order valence-corrected chi connectivity index (χ0v) is 15.1. The zero-order valence-electron chi connectivity index (χ0n) is 13.5. The van der Waals surface area contributed by atoms with Crippen LogP contribution in [0.15, 0.2) is 64.6 Å². The maximum Gasteiger partial charge on any atom is 0.253 e. The lowest BCUT2D eigenvalue weighted by atomic mass is 10.3. The molecule has 0 fully saturated rings. The van der Waals surface area contributed by atoms with Crippen LogP contribution in [0.1, 0.15) is 10.6 Å². The first-order valence-corrected chi connectivity index (χ1v) is 9.51. The maximum absolute atomic E-state index is 14.0. The van der Waals surface area contributed by atoms with Gasteiger partial charge in [-0.3, -0.25) is 9.69 Å². The van der Waals surface area contributed by atoms with Crippen LogP contribution in [-0.4, -0.2) is 10.9 Å². The monoisotopic (exact) mass is 384 g/mol. The molecule has 7 heteroatoms. The van der Waals surface area contributed by atoms with Crippen LogP contribution < -0.4 is 4.90 Å². The first-order valence-electron chi connectivity index (χ1n) is 7.81. The quantitative estimate of drug-likeness (QED) is 0.437. The van der Waals surface area contributed by atoms with Crippen molar-refractivity contribution in [2.45, 2.75) is 6.54 Å². The molecule has 4 rings (SSSR count). The third kappa shape index (κ3) is 3.44. The Hall–Kier alpha value is -2.77. The highest BCUT2D eigenvalue weighted by Crippen LogP contribution is 2.31. The molecular formula is C19H13FN2O2S2. The highest BCUT2D eigenvalue weighted by atomic mass is 32.1. The van der Waals surface area contributed by atoms with Crippen LogP contribution in [0.2, 0.25) is 0 Å². The summed E-state index contributed by atoms with van der Waals surface area (Å²) in [5.41, 5.74) is 0.270. The summed E-state index contributed by atoms with van der Waals surface area (Å²) < 4.78 is 20.0. The van der Waals surface area contributed by atoms with Gasteiger partial charge in [0.2, 0.25) is 0 Å². The number of amides is 1. The van der Waals surface area contributed by atoms with E-state index in [1.165, 1.54) is 28.4 Å². The van der Waals surface area contributed by atoms with Crippen LogP contribution in [0.25, 0.3) is 16.3 Å². The predicted molar refractivity (Wildman–Crippen MR) is 103 cm³/mol. The molecule has 0 radical (unpaired) electrons. The van der Waals surface area contributed by atoms with E-state index in [0.717, 1.165) is 4.88 Å². The van der Waals surface area contributed by atoms with Gasteiger partial charge in [0.15, 0.2) is 5.13 Å². The Balaban J connectivity index is 1.69. The number of anilines is 1. The molecule has 0 bridgehead atoms. The zero-order chi connectivity index (χ0) is 17.9. The van der Waals surface area contributed by atoms with Crippen molar-refractivity contribution in [3.63, 3.8) is 0 Å². The van der Waals surface area contributed by atoms with Crippen LogP contribution in [0.3, 0.4) is 0 Å². The number of hydrogen-bond donors (Lipinski definition) is 0. The Kier molecular flexibility index (Phi) is 4.64. The van der Waals surface area contributed by atoms with E-state index in [-0.39, 0.29) is 18.0 Å². The molecule has 3 heterocycles. The SMILES string of the molecule is O=C(/C=C/c1cccs1)N(Cc1ccco1)c1nc2c(F)cccc2s1. The van der Waals surface area contributed by atoms with E-state index in [4.69, 9.17) is 4.42 Å². The van der Waals surface area contributed by atoms with Gasteiger partial charge in [-0.15, -0.1) is 11.3 Å². The third-order valence-corrected chi connectivity index (χ3v) is 5.56. The second-order valence-corrected chi connectivity index (χ2v) is 7.42. The van der Waals surface area contributed by atoms with Crippen LogP contribution in [0, 0.1) is 5.82 Å². The summed E-state index contributed by atoms with van der Waals surface area (Å²) in [5.74, 6) is -0.0126. The summed E-state index contributed by atoms with van der Waals surface area (Å²) in [4.78, 5) is 19.6. The summed E-state index contributed by atoms with van der Waals surface area (Å²) >= 11 is 2.82. The van der Waals surface area contributed by atoms with Gasteiger partial charge >= 0.3 is 0 Å². The van der Waals surface area contributed by atoms with Gasteiger partial charge in [0, 0.05) is 11.0 Å². The first-order chi connectivity index (χ1) is 12.7. The number of furan rings is 1. The Morgan fingerprint density at radius 3 is 2.88 bits per heavy atom. The van der Waals surface area contributed by atoms with Crippen molar-refractivity contribution in [3.8, 4) is 0 Å². The lowest BCUT2D eigenvalue weighted by molar-refractivity contribution is -0.114. The van der Waals surface area contributed by atoms with Crippen molar-refractivity contribution in [1.29, 1.82) is 0 Å². The Labute approximate surface area is 156 Å². The molecule has 0 saturated heterocycles. The number of para-hydroxylation sites is 1. The van der Waals surface area contributed by atoms with Gasteiger partial charge in [0.1, 0.15) is 17.1 Å². The van der Waals surface area contributed by atoms with E-state index in [2.05, 4.69) is 4.98 Å². The molecule has 0 spiro atoms. The van der Waals surface area contributed by atoms with Gasteiger partial charge in [-0.1, -0.05) is 23.5 Å². The van der Waals surface area contributed by atoms with E-state index >= 15 is 0 Å². The number of halogens is 1. The summed E-state index contributed by atoms with van der Waals surface area (Å²) in [6, 6.07) is 12.2. The minimum Gasteiger partial charge on any atom is -0.467 e. The van der Waals surface area contributed by atoms with E-state index < -0.39 is 5.82 Å². The number of aromatic nitrogens is 1. The second kappa shape index (κ2) is 7.23. The summed E-state index contributed by atoms with van der Waals surface area (Å²) in [7, 11) is 0. The van der Waals surface area contributed by atoms with Crippen molar-refractivity contribution >= 4 is 50.0 Å². The molecule has 0 unspecified atom stereocenters. The second-order valence-electron chi connectivity index (χ2n) is 5.44. The van der Waals surface area contributed by atoms with E-state index in [1.807, 2.05) is 17.5 Å². The van der Waals surface area contributed by atoms with Crippen LogP contribution in [0.5, 0.6) is 0 Å². The number of benzene rings is 1. The standard InChI is InChI=1S/C19H13FN2O2S2/c20-15-6-1-7-16-18(15)21-19(26-16)22(12-13-4-2-10-24-13)17(23)9-8-14-5-3-11-25-14/h1-11H,12H2/b9-8+. The summed E-state index contributed by atoms with van der Waals surface area (Å²) in [6.07, 6.45) is 4.81. The average Bonchev–Trinajstić information content (AvgIpc) is 3.39. The van der Waals surface area contributed by atoms with Crippen LogP contribution in [-0.2, 0) is 11.3 Å². The van der Waals surface area contributed by atoms with Gasteiger partial charge in [0.25, 0.3) is 5.91 Å². The molecule has 0 N–H and O–H groups in total. The van der Waals surface area contributed by atoms with Gasteiger partial charge < -0.3 is 4.42 Å². The van der Waals surface area contributed by atoms with Gasteiger partial charge in [-0.2, -0.15) is 0 Å². The number of hydrogen-bond acceptors (Lipinski definition) is 5. The minimum absolute atomic E-state index is 0.224. The van der Waals surface area contributed by atoms with Gasteiger partial charge in [-0.05, 0) is 41.8 Å². The number of nitrogens with zero attached hydrogens (tertiary/aromatic N) is 2. The van der Waals surface area contributed by atoms with E-state index in [9.17, 15) is 9.18 Å². The Bertz CT molecular complexity index is 1050. The molecule has 1 amide bonds. The predicted octanol–water partition coefficient (Wildman–Crippen LogP) is 5.34.